The highest BCUT2D eigenvalue weighted by Crippen LogP contribution is 2.28. The molecule has 3 aromatic rings. The number of amides is 3. The van der Waals surface area contributed by atoms with Gasteiger partial charge in [0.05, 0.1) is 17.7 Å². The van der Waals surface area contributed by atoms with Crippen LogP contribution in [0.1, 0.15) is 70.2 Å². The maximum absolute atomic E-state index is 13.3. The molecular weight excluding hydrogens is 452 g/mol. The predicted octanol–water partition coefficient (Wildman–Crippen LogP) is 4.68. The van der Waals surface area contributed by atoms with Crippen LogP contribution in [0.4, 0.5) is 10.6 Å². The number of aromatic nitrogens is 2. The van der Waals surface area contributed by atoms with Crippen molar-refractivity contribution in [3.63, 3.8) is 0 Å². The number of urea groups is 1. The lowest BCUT2D eigenvalue weighted by Gasteiger charge is -2.35. The highest BCUT2D eigenvalue weighted by atomic mass is 16.2. The van der Waals surface area contributed by atoms with Gasteiger partial charge in [-0.3, -0.25) is 15.4 Å². The van der Waals surface area contributed by atoms with Crippen LogP contribution in [0.15, 0.2) is 66.7 Å². The van der Waals surface area contributed by atoms with Crippen molar-refractivity contribution < 1.29 is 9.59 Å². The number of nitrogens with zero attached hydrogens (tertiary/aromatic N) is 2. The van der Waals surface area contributed by atoms with E-state index in [0.717, 1.165) is 23.2 Å². The lowest BCUT2D eigenvalue weighted by atomic mass is 9.92. The Labute approximate surface area is 212 Å². The maximum Gasteiger partial charge on any atom is 0.321 e. The van der Waals surface area contributed by atoms with Gasteiger partial charge >= 0.3 is 6.03 Å². The second-order valence-corrected chi connectivity index (χ2v) is 10.3. The van der Waals surface area contributed by atoms with Gasteiger partial charge in [-0.1, -0.05) is 88.4 Å². The van der Waals surface area contributed by atoms with Gasteiger partial charge in [0.1, 0.15) is 5.82 Å². The summed E-state index contributed by atoms with van der Waals surface area (Å²) in [5.41, 5.74) is 2.51. The molecule has 0 saturated carbocycles. The van der Waals surface area contributed by atoms with E-state index in [4.69, 9.17) is 5.10 Å². The van der Waals surface area contributed by atoms with E-state index in [1.165, 1.54) is 0 Å². The number of carbonyl (C=O) groups excluding carboxylic acids is 2. The van der Waals surface area contributed by atoms with Gasteiger partial charge in [0.2, 0.25) is 5.91 Å². The van der Waals surface area contributed by atoms with Crippen LogP contribution in [0.5, 0.6) is 0 Å². The fourth-order valence-electron chi connectivity index (χ4n) is 4.53. The number of anilines is 1. The molecule has 190 valence electrons. The van der Waals surface area contributed by atoms with Crippen LogP contribution in [0, 0.1) is 5.92 Å². The predicted molar refractivity (Wildman–Crippen MR) is 141 cm³/mol. The van der Waals surface area contributed by atoms with Gasteiger partial charge in [-0.2, -0.15) is 5.10 Å². The minimum atomic E-state index is -0.569. The molecule has 1 saturated heterocycles. The third-order valence-corrected chi connectivity index (χ3v) is 6.61. The molecule has 3 amide bonds. The first-order valence-electron chi connectivity index (χ1n) is 12.5. The Hall–Kier alpha value is -3.65. The zero-order chi connectivity index (χ0) is 25.9. The molecule has 1 aliphatic rings. The summed E-state index contributed by atoms with van der Waals surface area (Å²) in [6.07, 6.45) is 0.174. The minimum Gasteiger partial charge on any atom is -0.327 e. The van der Waals surface area contributed by atoms with Crippen LogP contribution in [0.25, 0.3) is 0 Å². The second-order valence-electron chi connectivity index (χ2n) is 10.3. The highest BCUT2D eigenvalue weighted by molar-refractivity contribution is 5.89. The molecule has 3 atom stereocenters. The standard InChI is InChI=1S/C28H36N6O2/c1-6-21-18(2)29-26(32-25(21)35)34-23(17-22(33-34)28(3,4)5)30-27(36)31-24(19-13-9-7-10-14-19)20-15-11-8-12-16-20/h7-18,21,24,26,29H,6H2,1-5H3,(H,32,35)(H2,30,31,36). The first kappa shape index (κ1) is 25.4. The molecule has 8 nitrogen and oxygen atoms in total. The average molecular weight is 489 g/mol. The summed E-state index contributed by atoms with van der Waals surface area (Å²) < 4.78 is 1.65. The van der Waals surface area contributed by atoms with Crippen molar-refractivity contribution in [1.82, 2.24) is 25.7 Å². The Morgan fingerprint density at radius 3 is 2.14 bits per heavy atom. The molecule has 0 radical (unpaired) electrons. The maximum atomic E-state index is 13.3. The molecule has 0 spiro atoms. The monoisotopic (exact) mass is 488 g/mol. The number of carbonyl (C=O) groups is 2. The van der Waals surface area contributed by atoms with Gasteiger partial charge < -0.3 is 10.6 Å². The first-order chi connectivity index (χ1) is 17.2. The summed E-state index contributed by atoms with van der Waals surface area (Å²) in [4.78, 5) is 26.0. The molecule has 3 unspecified atom stereocenters. The van der Waals surface area contributed by atoms with Crippen LogP contribution in [0.3, 0.4) is 0 Å². The fourth-order valence-corrected chi connectivity index (χ4v) is 4.53. The Bertz CT molecular complexity index is 1150. The van der Waals surface area contributed by atoms with Gasteiger partial charge in [0.15, 0.2) is 6.29 Å². The molecule has 2 heterocycles. The third kappa shape index (κ3) is 5.60. The van der Waals surface area contributed by atoms with Crippen molar-refractivity contribution in [3.8, 4) is 0 Å². The Morgan fingerprint density at radius 2 is 1.64 bits per heavy atom. The molecule has 0 aliphatic carbocycles. The molecule has 1 aromatic heterocycles. The van der Waals surface area contributed by atoms with Crippen LogP contribution in [-0.2, 0) is 10.2 Å². The van der Waals surface area contributed by atoms with Gasteiger partial charge in [-0.05, 0) is 24.5 Å². The summed E-state index contributed by atoms with van der Waals surface area (Å²) in [5.74, 6) is 0.360. The largest absolute Gasteiger partial charge is 0.327 e. The zero-order valence-corrected chi connectivity index (χ0v) is 21.6. The SMILES string of the molecule is CCC1C(=O)NC(n2nc(C(C)(C)C)cc2NC(=O)NC(c2ccccc2)c2ccccc2)NC1C. The summed E-state index contributed by atoms with van der Waals surface area (Å²) in [7, 11) is 0. The van der Waals surface area contributed by atoms with Crippen molar-refractivity contribution >= 4 is 17.8 Å². The van der Waals surface area contributed by atoms with E-state index >= 15 is 0 Å². The van der Waals surface area contributed by atoms with Crippen molar-refractivity contribution in [3.05, 3.63) is 83.6 Å². The lowest BCUT2D eigenvalue weighted by Crippen LogP contribution is -2.57. The molecule has 1 fully saturated rings. The summed E-state index contributed by atoms with van der Waals surface area (Å²) in [5, 5.41) is 17.3. The van der Waals surface area contributed by atoms with E-state index in [9.17, 15) is 9.59 Å². The van der Waals surface area contributed by atoms with Crippen LogP contribution >= 0.6 is 0 Å². The Morgan fingerprint density at radius 1 is 1.06 bits per heavy atom. The molecule has 1 aliphatic heterocycles. The molecule has 36 heavy (non-hydrogen) atoms. The zero-order valence-electron chi connectivity index (χ0n) is 21.6. The fraction of sp³-hybridized carbons (Fsp3) is 0.393. The van der Waals surface area contributed by atoms with Gasteiger partial charge in [0.25, 0.3) is 0 Å². The van der Waals surface area contributed by atoms with Crippen molar-refractivity contribution in [2.24, 2.45) is 5.92 Å². The average Bonchev–Trinajstić information content (AvgIpc) is 3.28. The molecule has 0 bridgehead atoms. The minimum absolute atomic E-state index is 0.0230. The van der Waals surface area contributed by atoms with Crippen molar-refractivity contribution in [2.75, 3.05) is 5.32 Å². The van der Waals surface area contributed by atoms with Gasteiger partial charge in [-0.25, -0.2) is 9.48 Å². The summed E-state index contributed by atoms with van der Waals surface area (Å²) in [6, 6.07) is 20.8. The number of nitrogens with one attached hydrogen (secondary N) is 4. The summed E-state index contributed by atoms with van der Waals surface area (Å²) in [6.45, 7) is 10.2. The molecular formula is C28H36N6O2. The number of hydrogen-bond acceptors (Lipinski definition) is 4. The van der Waals surface area contributed by atoms with E-state index in [-0.39, 0.29) is 35.4 Å². The highest BCUT2D eigenvalue weighted by Gasteiger charge is 2.35. The number of rotatable bonds is 6. The van der Waals surface area contributed by atoms with E-state index < -0.39 is 6.29 Å². The smallest absolute Gasteiger partial charge is 0.321 e. The quantitative estimate of drug-likeness (QED) is 0.405. The van der Waals surface area contributed by atoms with Crippen LogP contribution in [-0.4, -0.2) is 27.8 Å². The van der Waals surface area contributed by atoms with Gasteiger partial charge in [0, 0.05) is 17.5 Å². The third-order valence-electron chi connectivity index (χ3n) is 6.61. The van der Waals surface area contributed by atoms with Gasteiger partial charge in [-0.15, -0.1) is 0 Å². The topological polar surface area (TPSA) is 100 Å². The Kier molecular flexibility index (Phi) is 7.45. The Balaban J connectivity index is 1.61. The number of hydrogen-bond donors (Lipinski definition) is 4. The van der Waals surface area contributed by atoms with E-state index in [1.807, 2.05) is 80.6 Å². The normalized spacial score (nSPS) is 20.2. The number of benzene rings is 2. The lowest BCUT2D eigenvalue weighted by molar-refractivity contribution is -0.130. The molecule has 4 rings (SSSR count). The van der Waals surface area contributed by atoms with E-state index in [0.29, 0.717) is 5.82 Å². The molecule has 4 N–H and O–H groups in total. The molecule has 8 heteroatoms. The molecule has 2 aromatic carbocycles. The van der Waals surface area contributed by atoms with E-state index in [1.54, 1.807) is 4.68 Å². The summed E-state index contributed by atoms with van der Waals surface area (Å²) >= 11 is 0. The van der Waals surface area contributed by atoms with Crippen molar-refractivity contribution in [2.45, 2.75) is 64.8 Å². The second kappa shape index (κ2) is 10.5. The van der Waals surface area contributed by atoms with Crippen LogP contribution in [0.2, 0.25) is 0 Å². The van der Waals surface area contributed by atoms with Crippen molar-refractivity contribution in [1.29, 1.82) is 0 Å². The van der Waals surface area contributed by atoms with Crippen LogP contribution < -0.4 is 21.3 Å². The van der Waals surface area contributed by atoms with E-state index in [2.05, 4.69) is 42.0 Å². The first-order valence-corrected chi connectivity index (χ1v) is 12.5.